The number of rotatable bonds is 5. The lowest BCUT2D eigenvalue weighted by molar-refractivity contribution is 0.0492. The van der Waals surface area contributed by atoms with Crippen LogP contribution in [0.25, 0.3) is 11.0 Å². The normalized spacial score (nSPS) is 15.4. The molecular weight excluding hydrogens is 463 g/mol. The minimum absolute atomic E-state index is 0.0669. The Kier molecular flexibility index (Phi) is 6.16. The molecule has 31 heavy (non-hydrogen) atoms. The molecule has 1 aromatic heterocycles. The van der Waals surface area contributed by atoms with Gasteiger partial charge in [-0.25, -0.2) is 13.2 Å². The predicted molar refractivity (Wildman–Crippen MR) is 120 cm³/mol. The molecule has 1 saturated heterocycles. The van der Waals surface area contributed by atoms with Gasteiger partial charge in [-0.3, -0.25) is 0 Å². The van der Waals surface area contributed by atoms with Gasteiger partial charge >= 0.3 is 5.97 Å². The smallest absolute Gasteiger partial charge is 0.374 e. The van der Waals surface area contributed by atoms with Gasteiger partial charge in [0.25, 0.3) is 0 Å². The van der Waals surface area contributed by atoms with Crippen molar-refractivity contribution in [2.45, 2.75) is 11.8 Å². The largest absolute Gasteiger partial charge is 0.460 e. The third-order valence-corrected chi connectivity index (χ3v) is 7.97. The van der Waals surface area contributed by atoms with E-state index in [0.29, 0.717) is 18.7 Å². The van der Waals surface area contributed by atoms with Crippen molar-refractivity contribution in [1.29, 1.82) is 0 Å². The Morgan fingerprint density at radius 3 is 2.35 bits per heavy atom. The number of hydrogen-bond acceptors (Lipinski definition) is 6. The van der Waals surface area contributed by atoms with Crippen molar-refractivity contribution in [2.75, 3.05) is 37.7 Å². The summed E-state index contributed by atoms with van der Waals surface area (Å²) < 4.78 is 38.2. The van der Waals surface area contributed by atoms with Gasteiger partial charge in [0.15, 0.2) is 0 Å². The average Bonchev–Trinajstić information content (AvgIpc) is 3.18. The molecule has 3 aromatic rings. The summed E-state index contributed by atoms with van der Waals surface area (Å²) in [6.07, 6.45) is 0. The fraction of sp³-hybridized carbons (Fsp3) is 0.286. The number of nitrogens with zero attached hydrogens (tertiary/aromatic N) is 2. The van der Waals surface area contributed by atoms with Crippen LogP contribution in [0, 0.1) is 0 Å². The van der Waals surface area contributed by atoms with Gasteiger partial charge < -0.3 is 14.1 Å². The molecule has 0 unspecified atom stereocenters. The summed E-state index contributed by atoms with van der Waals surface area (Å²) in [5, 5.41) is 0.977. The van der Waals surface area contributed by atoms with E-state index in [1.165, 1.54) is 16.4 Å². The van der Waals surface area contributed by atoms with E-state index in [2.05, 4.69) is 4.90 Å². The van der Waals surface area contributed by atoms with Crippen molar-refractivity contribution in [3.05, 3.63) is 58.3 Å². The second-order valence-electron chi connectivity index (χ2n) is 6.96. The lowest BCUT2D eigenvalue weighted by Crippen LogP contribution is -2.48. The molecule has 7 nitrogen and oxygen atoms in total. The molecule has 1 aliphatic rings. The van der Waals surface area contributed by atoms with E-state index in [4.69, 9.17) is 32.4 Å². The Labute approximate surface area is 190 Å². The van der Waals surface area contributed by atoms with Gasteiger partial charge in [-0.05, 0) is 31.2 Å². The van der Waals surface area contributed by atoms with Gasteiger partial charge in [0, 0.05) is 43.3 Å². The highest BCUT2D eigenvalue weighted by Gasteiger charge is 2.32. The van der Waals surface area contributed by atoms with E-state index in [0.717, 1.165) is 11.1 Å². The Bertz CT molecular complexity index is 1210. The van der Waals surface area contributed by atoms with Gasteiger partial charge in [0.2, 0.25) is 15.8 Å². The average molecular weight is 483 g/mol. The molecule has 0 radical (unpaired) electrons. The van der Waals surface area contributed by atoms with E-state index in [1.54, 1.807) is 25.1 Å². The molecule has 2 aromatic carbocycles. The van der Waals surface area contributed by atoms with Crippen LogP contribution in [-0.4, -0.2) is 51.5 Å². The second-order valence-corrected chi connectivity index (χ2v) is 9.65. The highest BCUT2D eigenvalue weighted by atomic mass is 35.5. The minimum Gasteiger partial charge on any atom is -0.460 e. The lowest BCUT2D eigenvalue weighted by atomic mass is 10.2. The van der Waals surface area contributed by atoms with E-state index in [1.807, 2.05) is 12.1 Å². The molecule has 0 N–H and O–H groups in total. The first-order chi connectivity index (χ1) is 14.8. The number of fused-ring (bicyclic) bond motifs is 1. The summed E-state index contributed by atoms with van der Waals surface area (Å²) in [7, 11) is -3.82. The number of benzene rings is 2. The van der Waals surface area contributed by atoms with E-state index >= 15 is 0 Å². The first-order valence-electron chi connectivity index (χ1n) is 9.71. The van der Waals surface area contributed by atoms with Crippen LogP contribution in [0.3, 0.4) is 0 Å². The van der Waals surface area contributed by atoms with Crippen molar-refractivity contribution >= 4 is 55.9 Å². The number of esters is 1. The molecule has 1 aliphatic heterocycles. The number of furan rings is 1. The van der Waals surface area contributed by atoms with Crippen LogP contribution in [-0.2, 0) is 14.8 Å². The van der Waals surface area contributed by atoms with E-state index in [9.17, 15) is 13.2 Å². The number of carbonyl (C=O) groups excluding carboxylic acids is 1. The molecule has 0 bridgehead atoms. The monoisotopic (exact) mass is 482 g/mol. The zero-order chi connectivity index (χ0) is 22.2. The molecule has 0 spiro atoms. The third kappa shape index (κ3) is 4.13. The van der Waals surface area contributed by atoms with Crippen LogP contribution in [0.4, 0.5) is 5.69 Å². The highest BCUT2D eigenvalue weighted by Crippen LogP contribution is 2.34. The first-order valence-corrected chi connectivity index (χ1v) is 11.9. The maximum Gasteiger partial charge on any atom is 0.374 e. The fourth-order valence-electron chi connectivity index (χ4n) is 3.65. The Balaban J connectivity index is 1.57. The summed E-state index contributed by atoms with van der Waals surface area (Å²) in [6, 6.07) is 11.8. The van der Waals surface area contributed by atoms with Crippen molar-refractivity contribution in [3.8, 4) is 0 Å². The number of halogens is 2. The molecule has 0 atom stereocenters. The summed E-state index contributed by atoms with van der Waals surface area (Å²) in [4.78, 5) is 14.0. The van der Waals surface area contributed by atoms with Gasteiger partial charge in [-0.2, -0.15) is 4.31 Å². The topological polar surface area (TPSA) is 80.1 Å². The number of hydrogen-bond donors (Lipinski definition) is 0. The highest BCUT2D eigenvalue weighted by molar-refractivity contribution is 7.89. The maximum absolute atomic E-state index is 13.1. The predicted octanol–water partition coefficient (Wildman–Crippen LogP) is 4.43. The van der Waals surface area contributed by atoms with Gasteiger partial charge in [0.1, 0.15) is 10.5 Å². The summed E-state index contributed by atoms with van der Waals surface area (Å²) in [5.74, 6) is -0.379. The molecule has 4 rings (SSSR count). The number of sulfonamides is 1. The summed E-state index contributed by atoms with van der Waals surface area (Å²) in [5.41, 5.74) is 1.43. The van der Waals surface area contributed by atoms with Crippen LogP contribution in [0.15, 0.2) is 51.8 Å². The molecular formula is C21H20Cl2N2O5S. The first kappa shape index (κ1) is 22.0. The summed E-state index contributed by atoms with van der Waals surface area (Å²) >= 11 is 12.2. The van der Waals surface area contributed by atoms with Crippen molar-refractivity contribution < 1.29 is 22.4 Å². The molecule has 2 heterocycles. The van der Waals surface area contributed by atoms with Crippen LogP contribution < -0.4 is 4.90 Å². The van der Waals surface area contributed by atoms with E-state index in [-0.39, 0.29) is 40.4 Å². The Morgan fingerprint density at radius 1 is 1.06 bits per heavy atom. The number of anilines is 1. The third-order valence-electron chi connectivity index (χ3n) is 5.11. The molecule has 1 fully saturated rings. The standard InChI is InChI=1S/C21H20Cl2N2O5S/c1-2-29-21(26)19-13-14-17(7-4-8-18(14)30-19)24-9-11-25(12-10-24)31(27,28)20-15(22)5-3-6-16(20)23/h3-8,13H,2,9-12H2,1H3. The van der Waals surface area contributed by atoms with Crippen LogP contribution >= 0.6 is 23.2 Å². The van der Waals surface area contributed by atoms with Crippen LogP contribution in [0.5, 0.6) is 0 Å². The zero-order valence-electron chi connectivity index (χ0n) is 16.7. The zero-order valence-corrected chi connectivity index (χ0v) is 19.0. The number of carbonyl (C=O) groups is 1. The SMILES string of the molecule is CCOC(=O)c1cc2c(N3CCN(S(=O)(=O)c4c(Cl)cccc4Cl)CC3)cccc2o1. The molecule has 0 saturated carbocycles. The Hall–Kier alpha value is -2.26. The molecule has 0 aliphatic carbocycles. The van der Waals surface area contributed by atoms with Crippen molar-refractivity contribution in [1.82, 2.24) is 4.31 Å². The minimum atomic E-state index is -3.82. The van der Waals surface area contributed by atoms with Crippen molar-refractivity contribution in [3.63, 3.8) is 0 Å². The Morgan fingerprint density at radius 2 is 1.71 bits per heavy atom. The van der Waals surface area contributed by atoms with Crippen LogP contribution in [0.2, 0.25) is 10.0 Å². The molecule has 164 valence electrons. The van der Waals surface area contributed by atoms with Crippen LogP contribution in [0.1, 0.15) is 17.5 Å². The maximum atomic E-state index is 13.1. The molecule has 10 heteroatoms. The van der Waals surface area contributed by atoms with Gasteiger partial charge in [-0.15, -0.1) is 0 Å². The van der Waals surface area contributed by atoms with Gasteiger partial charge in [-0.1, -0.05) is 35.3 Å². The van der Waals surface area contributed by atoms with E-state index < -0.39 is 16.0 Å². The fourth-order valence-corrected chi connectivity index (χ4v) is 6.17. The molecule has 0 amide bonds. The van der Waals surface area contributed by atoms with Gasteiger partial charge in [0.05, 0.1) is 16.7 Å². The lowest BCUT2D eigenvalue weighted by Gasteiger charge is -2.35. The quantitative estimate of drug-likeness (QED) is 0.500. The summed E-state index contributed by atoms with van der Waals surface area (Å²) in [6.45, 7) is 3.44. The number of ether oxygens (including phenoxy) is 1. The second kappa shape index (κ2) is 8.70. The number of piperazine rings is 1. The van der Waals surface area contributed by atoms with Crippen molar-refractivity contribution in [2.24, 2.45) is 0 Å².